The van der Waals surface area contributed by atoms with Crippen molar-refractivity contribution in [2.75, 3.05) is 0 Å². The first-order valence-corrected chi connectivity index (χ1v) is 12.4. The third kappa shape index (κ3) is 17.2. The molecule has 0 nitrogen and oxygen atoms in total. The molecule has 0 radical (unpaired) electrons. The first-order chi connectivity index (χ1) is 12.4. The van der Waals surface area contributed by atoms with E-state index in [1.165, 1.54) is 57.8 Å². The van der Waals surface area contributed by atoms with Gasteiger partial charge in [-0.25, -0.2) is 0 Å². The van der Waals surface area contributed by atoms with Gasteiger partial charge < -0.3 is 0 Å². The van der Waals surface area contributed by atoms with Crippen LogP contribution in [0.25, 0.3) is 0 Å². The molecule has 0 bridgehead atoms. The average molecular weight is 357 g/mol. The molecule has 0 heterocycles. The third-order valence-electron chi connectivity index (χ3n) is 5.36. The Morgan fingerprint density at radius 1 is 0.360 bits per heavy atom. The number of hydrogen-bond donors (Lipinski definition) is 0. The summed E-state index contributed by atoms with van der Waals surface area (Å²) in [5, 5.41) is 0. The lowest BCUT2D eigenvalue weighted by Gasteiger charge is -2.31. The van der Waals surface area contributed by atoms with E-state index in [2.05, 4.69) is 6.92 Å². The Morgan fingerprint density at radius 3 is 1.00 bits per heavy atom. The lowest BCUT2D eigenvalue weighted by Crippen LogP contribution is -2.18. The minimum absolute atomic E-state index is 1.01. The van der Waals surface area contributed by atoms with Crippen LogP contribution in [0.3, 0.4) is 0 Å². The zero-order chi connectivity index (χ0) is 19.9. The van der Waals surface area contributed by atoms with Gasteiger partial charge in [0, 0.05) is 0 Å². The van der Waals surface area contributed by atoms with E-state index in [-0.39, 0.29) is 0 Å². The van der Waals surface area contributed by atoms with Crippen molar-refractivity contribution in [3.05, 3.63) is 0 Å². The maximum Gasteiger partial charge on any atom is -0.0386 e. The largest absolute Gasteiger partial charge is 0.0683 e. The Hall–Kier alpha value is 0. The highest BCUT2D eigenvalue weighted by molar-refractivity contribution is 4.75. The van der Waals surface area contributed by atoms with Crippen LogP contribution >= 0.6 is 0 Å². The zero-order valence-electron chi connectivity index (χ0n) is 19.9. The normalized spacial score (nSPS) is 24.4. The molecule has 0 unspecified atom stereocenters. The minimum Gasteiger partial charge on any atom is -0.0683 e. The SMILES string of the molecule is CC.CC.CC.CC.CC1CCCC(C2CCCCCCC2)CCC1. The van der Waals surface area contributed by atoms with Crippen LogP contribution in [0.5, 0.6) is 0 Å². The monoisotopic (exact) mass is 356 g/mol. The molecular weight excluding hydrogens is 300 g/mol. The molecule has 0 N–H and O–H groups in total. The van der Waals surface area contributed by atoms with E-state index in [0.717, 1.165) is 17.8 Å². The van der Waals surface area contributed by atoms with Gasteiger partial charge in [0.05, 0.1) is 0 Å². The van der Waals surface area contributed by atoms with Crippen LogP contribution in [0, 0.1) is 17.8 Å². The van der Waals surface area contributed by atoms with Gasteiger partial charge in [-0.15, -0.1) is 0 Å². The Labute approximate surface area is 164 Å². The molecule has 0 saturated heterocycles. The second kappa shape index (κ2) is 26.2. The summed E-state index contributed by atoms with van der Waals surface area (Å²) >= 11 is 0. The standard InChI is InChI=1S/C17H32.4C2H6/c1-15-9-7-13-17(14-8-10-15)16-11-5-3-2-4-6-12-16;4*1-2/h15-17H,2-14H2,1H3;4*1-2H3. The summed E-state index contributed by atoms with van der Waals surface area (Å²) in [7, 11) is 0. The lowest BCUT2D eigenvalue weighted by molar-refractivity contribution is 0.210. The van der Waals surface area contributed by atoms with E-state index >= 15 is 0 Å². The molecule has 0 aliphatic heterocycles. The van der Waals surface area contributed by atoms with Crippen molar-refractivity contribution >= 4 is 0 Å². The average Bonchev–Trinajstić information content (AvgIpc) is 2.65. The van der Waals surface area contributed by atoms with Crippen LogP contribution < -0.4 is 0 Å². The Bertz CT molecular complexity index is 178. The minimum atomic E-state index is 1.01. The van der Waals surface area contributed by atoms with Crippen LogP contribution in [0.2, 0.25) is 0 Å². The molecule has 156 valence electrons. The summed E-state index contributed by atoms with van der Waals surface area (Å²) in [6, 6.07) is 0. The number of rotatable bonds is 1. The van der Waals surface area contributed by atoms with Crippen LogP contribution in [0.1, 0.15) is 146 Å². The third-order valence-corrected chi connectivity index (χ3v) is 5.36. The lowest BCUT2D eigenvalue weighted by atomic mass is 9.75. The highest BCUT2D eigenvalue weighted by Gasteiger charge is 2.23. The van der Waals surface area contributed by atoms with Crippen LogP contribution in [0.4, 0.5) is 0 Å². The summed E-state index contributed by atoms with van der Waals surface area (Å²) in [6.45, 7) is 18.5. The van der Waals surface area contributed by atoms with Crippen molar-refractivity contribution in [3.63, 3.8) is 0 Å². The van der Waals surface area contributed by atoms with Gasteiger partial charge in [0.25, 0.3) is 0 Å². The predicted molar refractivity (Wildman–Crippen MR) is 122 cm³/mol. The fraction of sp³-hybridized carbons (Fsp3) is 1.00. The van der Waals surface area contributed by atoms with Gasteiger partial charge in [0.2, 0.25) is 0 Å². The summed E-state index contributed by atoms with van der Waals surface area (Å²) in [6.07, 6.45) is 19.8. The molecule has 0 aromatic rings. The van der Waals surface area contributed by atoms with E-state index in [1.807, 2.05) is 55.4 Å². The summed E-state index contributed by atoms with van der Waals surface area (Å²) < 4.78 is 0. The first kappa shape index (κ1) is 29.8. The summed E-state index contributed by atoms with van der Waals surface area (Å²) in [5.74, 6) is 3.21. The molecule has 2 saturated carbocycles. The van der Waals surface area contributed by atoms with Gasteiger partial charge in [-0.2, -0.15) is 0 Å². The smallest absolute Gasteiger partial charge is 0.0386 e. The van der Waals surface area contributed by atoms with Crippen molar-refractivity contribution in [2.45, 2.75) is 146 Å². The Morgan fingerprint density at radius 2 is 0.640 bits per heavy atom. The zero-order valence-corrected chi connectivity index (χ0v) is 19.9. The molecule has 2 rings (SSSR count). The fourth-order valence-corrected chi connectivity index (χ4v) is 4.18. The van der Waals surface area contributed by atoms with Crippen molar-refractivity contribution < 1.29 is 0 Å². The molecule has 0 aromatic carbocycles. The van der Waals surface area contributed by atoms with Crippen LogP contribution in [0.15, 0.2) is 0 Å². The van der Waals surface area contributed by atoms with Crippen molar-refractivity contribution in [3.8, 4) is 0 Å². The molecule has 2 aliphatic rings. The second-order valence-electron chi connectivity index (χ2n) is 6.83. The van der Waals surface area contributed by atoms with Crippen molar-refractivity contribution in [1.82, 2.24) is 0 Å². The Balaban J connectivity index is -0.000000533. The number of hydrogen-bond acceptors (Lipinski definition) is 0. The van der Waals surface area contributed by atoms with Gasteiger partial charge in [0.1, 0.15) is 0 Å². The van der Waals surface area contributed by atoms with Gasteiger partial charge in [-0.3, -0.25) is 0 Å². The molecule has 2 fully saturated rings. The molecule has 2 aliphatic carbocycles. The highest BCUT2D eigenvalue weighted by Crippen LogP contribution is 2.36. The summed E-state index contributed by atoms with van der Waals surface area (Å²) in [5.41, 5.74) is 0. The molecule has 0 spiro atoms. The van der Waals surface area contributed by atoms with E-state index in [4.69, 9.17) is 0 Å². The van der Waals surface area contributed by atoms with Crippen LogP contribution in [-0.4, -0.2) is 0 Å². The molecular formula is C25H56. The first-order valence-electron chi connectivity index (χ1n) is 12.4. The van der Waals surface area contributed by atoms with Crippen molar-refractivity contribution in [2.24, 2.45) is 17.8 Å². The van der Waals surface area contributed by atoms with Gasteiger partial charge in [-0.05, 0) is 17.8 Å². The van der Waals surface area contributed by atoms with Crippen LogP contribution in [-0.2, 0) is 0 Å². The van der Waals surface area contributed by atoms with Crippen molar-refractivity contribution in [1.29, 1.82) is 0 Å². The van der Waals surface area contributed by atoms with E-state index < -0.39 is 0 Å². The fourth-order valence-electron chi connectivity index (χ4n) is 4.18. The maximum absolute atomic E-state index is 2.45. The van der Waals surface area contributed by atoms with Gasteiger partial charge >= 0.3 is 0 Å². The highest BCUT2D eigenvalue weighted by atomic mass is 14.3. The Kier molecular flexibility index (Phi) is 31.2. The van der Waals surface area contributed by atoms with E-state index in [9.17, 15) is 0 Å². The molecule has 0 heteroatoms. The van der Waals surface area contributed by atoms with Gasteiger partial charge in [-0.1, -0.05) is 146 Å². The predicted octanol–water partition coefficient (Wildman–Crippen LogP) is 10.1. The maximum atomic E-state index is 2.45. The molecule has 25 heavy (non-hydrogen) atoms. The van der Waals surface area contributed by atoms with E-state index in [1.54, 1.807) is 25.7 Å². The van der Waals surface area contributed by atoms with E-state index in [0.29, 0.717) is 0 Å². The quantitative estimate of drug-likeness (QED) is 0.438. The second-order valence-corrected chi connectivity index (χ2v) is 6.83. The van der Waals surface area contributed by atoms with Gasteiger partial charge in [0.15, 0.2) is 0 Å². The summed E-state index contributed by atoms with van der Waals surface area (Å²) in [4.78, 5) is 0. The molecule has 0 aromatic heterocycles. The molecule has 0 amide bonds. The topological polar surface area (TPSA) is 0 Å². The molecule has 0 atom stereocenters.